The van der Waals surface area contributed by atoms with Crippen LogP contribution in [0.2, 0.25) is 0 Å². The van der Waals surface area contributed by atoms with Crippen molar-refractivity contribution in [2.24, 2.45) is 0 Å². The van der Waals surface area contributed by atoms with E-state index >= 15 is 0 Å². The zero-order chi connectivity index (χ0) is 35.7. The number of fused-ring (bicyclic) bond motifs is 7. The van der Waals surface area contributed by atoms with Gasteiger partial charge in [-0.1, -0.05) is 140 Å². The number of rotatable bonds is 3. The summed E-state index contributed by atoms with van der Waals surface area (Å²) in [5, 5.41) is 19.0. The van der Waals surface area contributed by atoms with Crippen LogP contribution in [0.1, 0.15) is 31.9 Å². The van der Waals surface area contributed by atoms with E-state index < -0.39 is 0 Å². The van der Waals surface area contributed by atoms with Crippen LogP contribution in [0.25, 0.3) is 76.7 Å². The molecule has 3 nitrogen and oxygen atoms in total. The summed E-state index contributed by atoms with van der Waals surface area (Å²) >= 11 is 0. The average Bonchev–Trinajstić information content (AvgIpc) is 3.20. The third-order valence-corrected chi connectivity index (χ3v) is 9.64. The molecule has 0 aliphatic rings. The quantitative estimate of drug-likeness (QED) is 0.131. The summed E-state index contributed by atoms with van der Waals surface area (Å²) in [6, 6.07) is 59.1. The fourth-order valence-electron chi connectivity index (χ4n) is 6.94. The van der Waals surface area contributed by atoms with E-state index in [0.717, 1.165) is 22.5 Å². The summed E-state index contributed by atoms with van der Waals surface area (Å²) in [6.07, 6.45) is 3.57. The van der Waals surface area contributed by atoms with Gasteiger partial charge in [-0.25, -0.2) is 0 Å². The van der Waals surface area contributed by atoms with Gasteiger partial charge in [-0.15, -0.1) is 59.2 Å². The Hall–Kier alpha value is -5.98. The van der Waals surface area contributed by atoms with Gasteiger partial charge in [0, 0.05) is 38.1 Å². The molecule has 1 radical (unpaired) electrons. The van der Waals surface area contributed by atoms with Crippen molar-refractivity contribution >= 4 is 43.1 Å². The predicted octanol–water partition coefficient (Wildman–Crippen LogP) is 12.5. The second-order valence-corrected chi connectivity index (χ2v) is 14.0. The molecule has 0 saturated carbocycles. The van der Waals surface area contributed by atoms with Gasteiger partial charge in [0.1, 0.15) is 0 Å². The van der Waals surface area contributed by atoms with E-state index in [1.165, 1.54) is 59.8 Å². The standard InChI is InChI=1S/C25H22N.C24H13N2.Ir/c1-25(2,3)21-14-15-26-24(17-21)20-11-6-10-19(16-20)23-13-7-9-18-8-4-5-12-22(18)23;25-15-16-11-12-26-24(13-16)17-9-10-22-20-7-2-1-5-18(20)19-6-3-4-8-21(19)23(22)14-17;/h4-10,12-17H,1-3H3;1-8,10-14H;/q2*-1;. The van der Waals surface area contributed by atoms with Gasteiger partial charge < -0.3 is 9.97 Å². The van der Waals surface area contributed by atoms with E-state index in [1.54, 1.807) is 18.3 Å². The first-order valence-corrected chi connectivity index (χ1v) is 17.5. The molecule has 0 unspecified atom stereocenters. The van der Waals surface area contributed by atoms with Crippen molar-refractivity contribution in [3.05, 3.63) is 181 Å². The van der Waals surface area contributed by atoms with Crippen LogP contribution in [-0.2, 0) is 25.5 Å². The van der Waals surface area contributed by atoms with Crippen molar-refractivity contribution in [2.45, 2.75) is 26.2 Å². The van der Waals surface area contributed by atoms with Gasteiger partial charge >= 0.3 is 0 Å². The Kier molecular flexibility index (Phi) is 9.98. The fourth-order valence-corrected chi connectivity index (χ4v) is 6.94. The molecule has 53 heavy (non-hydrogen) atoms. The molecular formula is C49H35IrN3-2. The molecule has 0 N–H and O–H groups in total. The maximum Gasteiger partial charge on any atom is 0.0984 e. The first-order valence-electron chi connectivity index (χ1n) is 17.5. The average molecular weight is 858 g/mol. The molecule has 257 valence electrons. The Balaban J connectivity index is 0.000000161. The van der Waals surface area contributed by atoms with Crippen molar-refractivity contribution in [1.82, 2.24) is 9.97 Å². The molecule has 9 aromatic rings. The summed E-state index contributed by atoms with van der Waals surface area (Å²) in [5.41, 5.74) is 8.09. The molecule has 0 amide bonds. The number of hydrogen-bond acceptors (Lipinski definition) is 3. The number of hydrogen-bond donors (Lipinski definition) is 0. The van der Waals surface area contributed by atoms with Crippen LogP contribution in [-0.4, -0.2) is 9.97 Å². The number of nitriles is 1. The monoisotopic (exact) mass is 858 g/mol. The minimum Gasteiger partial charge on any atom is -0.305 e. The molecule has 0 aliphatic heterocycles. The van der Waals surface area contributed by atoms with Crippen LogP contribution in [0.5, 0.6) is 0 Å². The fraction of sp³-hybridized carbons (Fsp3) is 0.0816. The van der Waals surface area contributed by atoms with Crippen molar-refractivity contribution < 1.29 is 20.1 Å². The number of pyridine rings is 2. The van der Waals surface area contributed by atoms with Gasteiger partial charge in [0.05, 0.1) is 6.07 Å². The smallest absolute Gasteiger partial charge is 0.0984 e. The Labute approximate surface area is 324 Å². The zero-order valence-electron chi connectivity index (χ0n) is 29.7. The predicted molar refractivity (Wildman–Crippen MR) is 216 cm³/mol. The molecule has 0 spiro atoms. The molecular weight excluding hydrogens is 823 g/mol. The van der Waals surface area contributed by atoms with E-state index in [-0.39, 0.29) is 25.5 Å². The second kappa shape index (κ2) is 14.9. The zero-order valence-corrected chi connectivity index (χ0v) is 32.1. The van der Waals surface area contributed by atoms with Crippen LogP contribution in [0.4, 0.5) is 0 Å². The molecule has 0 saturated heterocycles. The van der Waals surface area contributed by atoms with Crippen LogP contribution < -0.4 is 0 Å². The van der Waals surface area contributed by atoms with Gasteiger partial charge in [0.25, 0.3) is 0 Å². The van der Waals surface area contributed by atoms with E-state index in [1.807, 2.05) is 18.3 Å². The van der Waals surface area contributed by atoms with Crippen molar-refractivity contribution in [3.8, 4) is 39.7 Å². The van der Waals surface area contributed by atoms with Crippen LogP contribution in [0, 0.1) is 23.5 Å². The molecule has 7 aromatic carbocycles. The van der Waals surface area contributed by atoms with Crippen molar-refractivity contribution in [1.29, 1.82) is 5.26 Å². The largest absolute Gasteiger partial charge is 0.305 e. The van der Waals surface area contributed by atoms with Crippen LogP contribution >= 0.6 is 0 Å². The summed E-state index contributed by atoms with van der Waals surface area (Å²) in [7, 11) is 0. The molecule has 2 aromatic heterocycles. The molecule has 9 rings (SSSR count). The van der Waals surface area contributed by atoms with E-state index in [2.05, 4.69) is 170 Å². The van der Waals surface area contributed by atoms with Crippen molar-refractivity contribution in [2.75, 3.05) is 0 Å². The maximum atomic E-state index is 9.15. The molecule has 0 aliphatic carbocycles. The van der Waals surface area contributed by atoms with Gasteiger partial charge in [0.15, 0.2) is 0 Å². The minimum absolute atomic E-state index is 0. The first-order chi connectivity index (χ1) is 25.4. The summed E-state index contributed by atoms with van der Waals surface area (Å²) in [5.74, 6) is 0. The minimum atomic E-state index is 0. The van der Waals surface area contributed by atoms with E-state index in [9.17, 15) is 0 Å². The third-order valence-electron chi connectivity index (χ3n) is 9.64. The van der Waals surface area contributed by atoms with Gasteiger partial charge in [0.2, 0.25) is 0 Å². The van der Waals surface area contributed by atoms with Gasteiger partial charge in [-0.05, 0) is 67.0 Å². The normalized spacial score (nSPS) is 11.1. The number of aromatic nitrogens is 2. The Bertz CT molecular complexity index is 2770. The summed E-state index contributed by atoms with van der Waals surface area (Å²) in [4.78, 5) is 9.01. The van der Waals surface area contributed by atoms with Gasteiger partial charge in [-0.3, -0.25) is 0 Å². The summed E-state index contributed by atoms with van der Waals surface area (Å²) < 4.78 is 0. The number of nitrogens with zero attached hydrogens (tertiary/aromatic N) is 3. The van der Waals surface area contributed by atoms with Gasteiger partial charge in [-0.2, -0.15) is 5.26 Å². The molecule has 0 fully saturated rings. The number of benzene rings is 7. The third kappa shape index (κ3) is 7.11. The topological polar surface area (TPSA) is 49.6 Å². The van der Waals surface area contributed by atoms with Crippen LogP contribution in [0.15, 0.2) is 158 Å². The molecule has 2 heterocycles. The molecule has 0 bridgehead atoms. The summed E-state index contributed by atoms with van der Waals surface area (Å²) in [6.45, 7) is 6.67. The SMILES string of the molecule is CC(C)(C)c1ccnc(-c2[c-]ccc(-c3cccc4ccccc34)c2)c1.N#Cc1ccnc(-c2[c-]cc3c4ccccc4c4ccccc4c3c2)c1.[Ir]. The maximum absolute atomic E-state index is 9.15. The second-order valence-electron chi connectivity index (χ2n) is 14.0. The van der Waals surface area contributed by atoms with Crippen molar-refractivity contribution in [3.63, 3.8) is 0 Å². The van der Waals surface area contributed by atoms with E-state index in [4.69, 9.17) is 5.26 Å². The van der Waals surface area contributed by atoms with Crippen LogP contribution in [0.3, 0.4) is 0 Å². The molecule has 0 atom stereocenters. The Morgan fingerprint density at radius 2 is 1.13 bits per heavy atom. The Morgan fingerprint density at radius 1 is 0.547 bits per heavy atom. The Morgan fingerprint density at radius 3 is 1.83 bits per heavy atom. The van der Waals surface area contributed by atoms with E-state index in [0.29, 0.717) is 5.56 Å². The molecule has 4 heteroatoms. The first kappa shape index (κ1) is 35.4.